The van der Waals surface area contributed by atoms with Crippen LogP contribution in [0.4, 0.5) is 0 Å². The molecule has 0 aromatic carbocycles. The van der Waals surface area contributed by atoms with Crippen molar-refractivity contribution in [3.05, 3.63) is 29.6 Å². The van der Waals surface area contributed by atoms with E-state index in [1.807, 2.05) is 19.1 Å². The number of hydrogen-bond donors (Lipinski definition) is 0. The van der Waals surface area contributed by atoms with Crippen LogP contribution in [0.3, 0.4) is 0 Å². The SMILES string of the molecule is CCOCCN(CC)Cc1cccnc1C#N. The number of nitriles is 1. The van der Waals surface area contributed by atoms with Crippen LogP contribution in [0.25, 0.3) is 0 Å². The van der Waals surface area contributed by atoms with E-state index < -0.39 is 0 Å². The molecule has 4 nitrogen and oxygen atoms in total. The minimum absolute atomic E-state index is 0.516. The molecule has 0 bridgehead atoms. The lowest BCUT2D eigenvalue weighted by Gasteiger charge is -2.20. The summed E-state index contributed by atoms with van der Waals surface area (Å²) in [4.78, 5) is 6.31. The number of ether oxygens (including phenoxy) is 1. The van der Waals surface area contributed by atoms with E-state index in [0.717, 1.165) is 38.4 Å². The molecule has 0 fully saturated rings. The van der Waals surface area contributed by atoms with Crippen molar-refractivity contribution in [3.8, 4) is 6.07 Å². The van der Waals surface area contributed by atoms with Crippen LogP contribution >= 0.6 is 0 Å². The Morgan fingerprint density at radius 2 is 2.29 bits per heavy atom. The average Bonchev–Trinajstić information content (AvgIpc) is 2.38. The van der Waals surface area contributed by atoms with Gasteiger partial charge in [-0.25, -0.2) is 4.98 Å². The molecule has 1 aromatic rings. The summed E-state index contributed by atoms with van der Waals surface area (Å²) >= 11 is 0. The van der Waals surface area contributed by atoms with Gasteiger partial charge in [-0.15, -0.1) is 0 Å². The molecule has 0 aliphatic heterocycles. The molecule has 0 atom stereocenters. The third kappa shape index (κ3) is 4.51. The van der Waals surface area contributed by atoms with Crippen LogP contribution in [0.5, 0.6) is 0 Å². The van der Waals surface area contributed by atoms with Gasteiger partial charge in [0.05, 0.1) is 6.61 Å². The highest BCUT2D eigenvalue weighted by Gasteiger charge is 2.07. The normalized spacial score (nSPS) is 10.5. The van der Waals surface area contributed by atoms with E-state index in [1.165, 1.54) is 0 Å². The van der Waals surface area contributed by atoms with Gasteiger partial charge >= 0.3 is 0 Å². The molecule has 1 rings (SSSR count). The lowest BCUT2D eigenvalue weighted by Crippen LogP contribution is -2.27. The molecule has 0 amide bonds. The largest absolute Gasteiger partial charge is 0.380 e. The molecule has 17 heavy (non-hydrogen) atoms. The van der Waals surface area contributed by atoms with Gasteiger partial charge in [0.2, 0.25) is 0 Å². The molecule has 0 spiro atoms. The topological polar surface area (TPSA) is 49.1 Å². The number of aromatic nitrogens is 1. The first-order chi connectivity index (χ1) is 8.31. The van der Waals surface area contributed by atoms with E-state index in [0.29, 0.717) is 5.69 Å². The molecule has 0 aliphatic carbocycles. The first kappa shape index (κ1) is 13.6. The zero-order valence-corrected chi connectivity index (χ0v) is 10.5. The van der Waals surface area contributed by atoms with Gasteiger partial charge < -0.3 is 4.74 Å². The van der Waals surface area contributed by atoms with E-state index in [9.17, 15) is 0 Å². The molecule has 4 heteroatoms. The van der Waals surface area contributed by atoms with Crippen LogP contribution in [0.15, 0.2) is 18.3 Å². The van der Waals surface area contributed by atoms with Crippen molar-refractivity contribution in [2.24, 2.45) is 0 Å². The minimum Gasteiger partial charge on any atom is -0.380 e. The van der Waals surface area contributed by atoms with Crippen LogP contribution in [0.1, 0.15) is 25.1 Å². The Morgan fingerprint density at radius 3 is 2.94 bits per heavy atom. The second kappa shape index (κ2) is 7.77. The molecule has 0 saturated heterocycles. The van der Waals surface area contributed by atoms with Crippen LogP contribution in [0, 0.1) is 11.3 Å². The van der Waals surface area contributed by atoms with Gasteiger partial charge in [0.15, 0.2) is 0 Å². The van der Waals surface area contributed by atoms with Crippen molar-refractivity contribution in [1.82, 2.24) is 9.88 Å². The summed E-state index contributed by atoms with van der Waals surface area (Å²) in [6.07, 6.45) is 1.65. The van der Waals surface area contributed by atoms with E-state index in [4.69, 9.17) is 10.00 Å². The van der Waals surface area contributed by atoms with Crippen LogP contribution < -0.4 is 0 Å². The zero-order valence-electron chi connectivity index (χ0n) is 10.5. The van der Waals surface area contributed by atoms with Crippen molar-refractivity contribution in [3.63, 3.8) is 0 Å². The fourth-order valence-electron chi connectivity index (χ4n) is 1.59. The maximum atomic E-state index is 8.96. The fourth-order valence-corrected chi connectivity index (χ4v) is 1.59. The summed E-state index contributed by atoms with van der Waals surface area (Å²) in [7, 11) is 0. The number of likely N-dealkylation sites (N-methyl/N-ethyl adjacent to an activating group) is 1. The second-order valence-corrected chi connectivity index (χ2v) is 3.69. The average molecular weight is 233 g/mol. The maximum absolute atomic E-state index is 8.96. The molecular formula is C13H19N3O. The molecule has 0 aliphatic rings. The van der Waals surface area contributed by atoms with Crippen LogP contribution in [-0.4, -0.2) is 36.2 Å². The number of rotatable bonds is 7. The quantitative estimate of drug-likeness (QED) is 0.674. The van der Waals surface area contributed by atoms with Crippen molar-refractivity contribution < 1.29 is 4.74 Å². The smallest absolute Gasteiger partial charge is 0.144 e. The van der Waals surface area contributed by atoms with Gasteiger partial charge in [-0.1, -0.05) is 13.0 Å². The molecular weight excluding hydrogens is 214 g/mol. The summed E-state index contributed by atoms with van der Waals surface area (Å²) in [6.45, 7) is 8.14. The van der Waals surface area contributed by atoms with Crippen molar-refractivity contribution in [2.45, 2.75) is 20.4 Å². The Balaban J connectivity index is 2.58. The van der Waals surface area contributed by atoms with Gasteiger partial charge in [-0.3, -0.25) is 4.90 Å². The van der Waals surface area contributed by atoms with E-state index in [-0.39, 0.29) is 0 Å². The Labute approximate surface area is 103 Å². The van der Waals surface area contributed by atoms with Crippen molar-refractivity contribution in [1.29, 1.82) is 5.26 Å². The molecule has 0 saturated carbocycles. The Morgan fingerprint density at radius 1 is 1.47 bits per heavy atom. The molecule has 0 unspecified atom stereocenters. The van der Waals surface area contributed by atoms with Gasteiger partial charge in [0, 0.05) is 31.5 Å². The summed E-state index contributed by atoms with van der Waals surface area (Å²) in [5, 5.41) is 8.96. The van der Waals surface area contributed by atoms with Crippen LogP contribution in [-0.2, 0) is 11.3 Å². The maximum Gasteiger partial charge on any atom is 0.144 e. The molecule has 92 valence electrons. The summed E-state index contributed by atoms with van der Waals surface area (Å²) < 4.78 is 5.34. The highest BCUT2D eigenvalue weighted by molar-refractivity contribution is 5.30. The lowest BCUT2D eigenvalue weighted by molar-refractivity contribution is 0.113. The highest BCUT2D eigenvalue weighted by Crippen LogP contribution is 2.07. The number of pyridine rings is 1. The lowest BCUT2D eigenvalue weighted by atomic mass is 10.2. The first-order valence-corrected chi connectivity index (χ1v) is 5.95. The van der Waals surface area contributed by atoms with Crippen molar-refractivity contribution in [2.75, 3.05) is 26.3 Å². The number of hydrogen-bond acceptors (Lipinski definition) is 4. The monoisotopic (exact) mass is 233 g/mol. The Kier molecular flexibility index (Phi) is 6.23. The second-order valence-electron chi connectivity index (χ2n) is 3.69. The molecule has 1 heterocycles. The van der Waals surface area contributed by atoms with E-state index >= 15 is 0 Å². The molecule has 1 aromatic heterocycles. The van der Waals surface area contributed by atoms with Gasteiger partial charge in [0.25, 0.3) is 0 Å². The van der Waals surface area contributed by atoms with Crippen molar-refractivity contribution >= 4 is 0 Å². The van der Waals surface area contributed by atoms with E-state index in [2.05, 4.69) is 22.9 Å². The zero-order chi connectivity index (χ0) is 12.5. The van der Waals surface area contributed by atoms with Gasteiger partial charge in [-0.05, 0) is 19.5 Å². The number of nitrogens with zero attached hydrogens (tertiary/aromatic N) is 3. The molecule has 0 N–H and O–H groups in total. The fraction of sp³-hybridized carbons (Fsp3) is 0.538. The van der Waals surface area contributed by atoms with E-state index in [1.54, 1.807) is 6.20 Å². The van der Waals surface area contributed by atoms with Crippen LogP contribution in [0.2, 0.25) is 0 Å². The summed E-state index contributed by atoms with van der Waals surface area (Å²) in [5.41, 5.74) is 1.50. The first-order valence-electron chi connectivity index (χ1n) is 5.95. The summed E-state index contributed by atoms with van der Waals surface area (Å²) in [5.74, 6) is 0. The molecule has 0 radical (unpaired) electrons. The Hall–Kier alpha value is -1.44. The van der Waals surface area contributed by atoms with Gasteiger partial charge in [0.1, 0.15) is 11.8 Å². The summed E-state index contributed by atoms with van der Waals surface area (Å²) in [6, 6.07) is 5.94. The third-order valence-corrected chi connectivity index (χ3v) is 2.59. The standard InChI is InChI=1S/C13H19N3O/c1-3-16(8-9-17-4-2)11-12-6-5-7-15-13(12)10-14/h5-7H,3-4,8-9,11H2,1-2H3. The third-order valence-electron chi connectivity index (χ3n) is 2.59. The predicted molar refractivity (Wildman–Crippen MR) is 66.4 cm³/mol. The minimum atomic E-state index is 0.516. The predicted octanol–water partition coefficient (Wildman–Crippen LogP) is 1.81. The highest BCUT2D eigenvalue weighted by atomic mass is 16.5. The Bertz CT molecular complexity index is 373. The van der Waals surface area contributed by atoms with Gasteiger partial charge in [-0.2, -0.15) is 5.26 Å².